The first-order valence-corrected chi connectivity index (χ1v) is 9.75. The molecule has 0 saturated heterocycles. The van der Waals surface area contributed by atoms with Gasteiger partial charge in [0.2, 0.25) is 11.7 Å². The zero-order valence-electron chi connectivity index (χ0n) is 13.8. The highest BCUT2D eigenvalue weighted by atomic mass is 32.2. The molecule has 0 radical (unpaired) electrons. The van der Waals surface area contributed by atoms with Gasteiger partial charge in [-0.2, -0.15) is 4.98 Å². The van der Waals surface area contributed by atoms with Gasteiger partial charge in [-0.15, -0.1) is 21.5 Å². The Hall–Kier alpha value is -2.65. The number of thiophene rings is 1. The van der Waals surface area contributed by atoms with Gasteiger partial charge in [0.15, 0.2) is 0 Å². The summed E-state index contributed by atoms with van der Waals surface area (Å²) in [6.07, 6.45) is 0. The third kappa shape index (κ3) is 3.63. The SMILES string of the molecule is CCOc1ccccc1-c1nnc(SCc2nc(-c3cccs3)no2)o1. The minimum absolute atomic E-state index is 0.418. The molecule has 3 heterocycles. The summed E-state index contributed by atoms with van der Waals surface area (Å²) in [5.41, 5.74) is 0.770. The van der Waals surface area contributed by atoms with E-state index in [4.69, 9.17) is 13.7 Å². The molecule has 0 amide bonds. The maximum Gasteiger partial charge on any atom is 0.277 e. The molecule has 0 N–H and O–H groups in total. The molecule has 0 fully saturated rings. The summed E-state index contributed by atoms with van der Waals surface area (Å²) < 4.78 is 16.6. The lowest BCUT2D eigenvalue weighted by Gasteiger charge is -2.05. The van der Waals surface area contributed by atoms with Crippen LogP contribution in [0.4, 0.5) is 0 Å². The maximum atomic E-state index is 5.73. The molecule has 0 unspecified atom stereocenters. The summed E-state index contributed by atoms with van der Waals surface area (Å²) >= 11 is 2.91. The van der Waals surface area contributed by atoms with Crippen LogP contribution in [0, 0.1) is 0 Å². The van der Waals surface area contributed by atoms with Gasteiger partial charge in [-0.05, 0) is 30.5 Å². The molecular weight excluding hydrogens is 372 g/mol. The summed E-state index contributed by atoms with van der Waals surface area (Å²) in [5.74, 6) is 2.68. The van der Waals surface area contributed by atoms with Gasteiger partial charge >= 0.3 is 0 Å². The number of aromatic nitrogens is 4. The standard InChI is InChI=1S/C17H14N4O3S2/c1-2-22-12-7-4-3-6-11(12)16-19-20-17(23-16)26-10-14-18-15(21-24-14)13-8-5-9-25-13/h3-9H,2,10H2,1H3. The first-order chi connectivity index (χ1) is 12.8. The van der Waals surface area contributed by atoms with E-state index >= 15 is 0 Å². The van der Waals surface area contributed by atoms with Crippen molar-refractivity contribution in [2.75, 3.05) is 6.61 Å². The van der Waals surface area contributed by atoms with E-state index < -0.39 is 0 Å². The van der Waals surface area contributed by atoms with Crippen molar-refractivity contribution in [3.63, 3.8) is 0 Å². The molecule has 7 nitrogen and oxygen atoms in total. The zero-order valence-corrected chi connectivity index (χ0v) is 15.4. The molecule has 1 aromatic carbocycles. The molecule has 0 spiro atoms. The lowest BCUT2D eigenvalue weighted by Crippen LogP contribution is -1.93. The molecular formula is C17H14N4O3S2. The number of thioether (sulfide) groups is 1. The van der Waals surface area contributed by atoms with E-state index in [1.165, 1.54) is 11.8 Å². The van der Waals surface area contributed by atoms with Crippen LogP contribution in [0.1, 0.15) is 12.8 Å². The van der Waals surface area contributed by atoms with E-state index in [1.54, 1.807) is 11.3 Å². The van der Waals surface area contributed by atoms with Gasteiger partial charge in [-0.3, -0.25) is 0 Å². The second-order valence-corrected chi connectivity index (χ2v) is 6.95. The highest BCUT2D eigenvalue weighted by Gasteiger charge is 2.15. The number of hydrogen-bond donors (Lipinski definition) is 0. The highest BCUT2D eigenvalue weighted by Crippen LogP contribution is 2.31. The number of rotatable bonds is 7. The summed E-state index contributed by atoms with van der Waals surface area (Å²) in [4.78, 5) is 5.34. The first kappa shape index (κ1) is 16.8. The molecule has 132 valence electrons. The van der Waals surface area contributed by atoms with Crippen LogP contribution >= 0.6 is 23.1 Å². The fourth-order valence-electron chi connectivity index (χ4n) is 2.24. The van der Waals surface area contributed by atoms with Crippen LogP contribution in [0.3, 0.4) is 0 Å². The molecule has 0 atom stereocenters. The minimum Gasteiger partial charge on any atom is -0.493 e. The Morgan fingerprint density at radius 3 is 2.92 bits per heavy atom. The van der Waals surface area contributed by atoms with Crippen LogP contribution < -0.4 is 4.74 Å². The van der Waals surface area contributed by atoms with Crippen molar-refractivity contribution >= 4 is 23.1 Å². The second-order valence-electron chi connectivity index (χ2n) is 5.08. The van der Waals surface area contributed by atoms with Crippen LogP contribution in [-0.4, -0.2) is 26.9 Å². The van der Waals surface area contributed by atoms with Gasteiger partial charge in [-0.25, -0.2) is 0 Å². The van der Waals surface area contributed by atoms with Crippen molar-refractivity contribution < 1.29 is 13.7 Å². The smallest absolute Gasteiger partial charge is 0.277 e. The third-order valence-electron chi connectivity index (χ3n) is 3.35. The van der Waals surface area contributed by atoms with E-state index in [1.807, 2.05) is 48.7 Å². The molecule has 9 heteroatoms. The average Bonchev–Trinajstić information content (AvgIpc) is 3.41. The predicted octanol–water partition coefficient (Wildman–Crippen LogP) is 4.54. The predicted molar refractivity (Wildman–Crippen MR) is 98.1 cm³/mol. The van der Waals surface area contributed by atoms with Crippen LogP contribution in [0.15, 0.2) is 55.9 Å². The molecule has 0 aliphatic heterocycles. The van der Waals surface area contributed by atoms with E-state index in [-0.39, 0.29) is 0 Å². The Labute approximate surface area is 157 Å². The molecule has 4 aromatic rings. The lowest BCUT2D eigenvalue weighted by atomic mass is 10.2. The van der Waals surface area contributed by atoms with Crippen molar-refractivity contribution in [2.24, 2.45) is 0 Å². The van der Waals surface area contributed by atoms with Gasteiger partial charge in [0.05, 0.1) is 22.8 Å². The number of ether oxygens (including phenoxy) is 1. The highest BCUT2D eigenvalue weighted by molar-refractivity contribution is 7.98. The Morgan fingerprint density at radius 1 is 1.15 bits per heavy atom. The van der Waals surface area contributed by atoms with Crippen molar-refractivity contribution in [1.29, 1.82) is 0 Å². The van der Waals surface area contributed by atoms with Crippen molar-refractivity contribution in [1.82, 2.24) is 20.3 Å². The minimum atomic E-state index is 0.418. The quantitative estimate of drug-likeness (QED) is 0.428. The first-order valence-electron chi connectivity index (χ1n) is 7.88. The number of hydrogen-bond acceptors (Lipinski definition) is 9. The van der Waals surface area contributed by atoms with Crippen molar-refractivity contribution in [3.05, 3.63) is 47.7 Å². The van der Waals surface area contributed by atoms with E-state index in [0.29, 0.717) is 40.9 Å². The summed E-state index contributed by atoms with van der Waals surface area (Å²) in [7, 11) is 0. The van der Waals surface area contributed by atoms with Crippen LogP contribution in [0.5, 0.6) is 5.75 Å². The Morgan fingerprint density at radius 2 is 2.08 bits per heavy atom. The average molecular weight is 386 g/mol. The maximum absolute atomic E-state index is 5.73. The summed E-state index contributed by atoms with van der Waals surface area (Å²) in [6.45, 7) is 2.50. The Balaban J connectivity index is 1.45. The molecule has 0 aliphatic carbocycles. The van der Waals surface area contributed by atoms with Crippen LogP contribution in [0.25, 0.3) is 22.2 Å². The van der Waals surface area contributed by atoms with Crippen LogP contribution in [-0.2, 0) is 5.75 Å². The lowest BCUT2D eigenvalue weighted by molar-refractivity contribution is 0.340. The topological polar surface area (TPSA) is 87.1 Å². The van der Waals surface area contributed by atoms with Crippen molar-refractivity contribution in [3.8, 4) is 27.9 Å². The normalized spacial score (nSPS) is 11.0. The number of para-hydroxylation sites is 1. The second kappa shape index (κ2) is 7.71. The molecule has 0 aliphatic rings. The third-order valence-corrected chi connectivity index (χ3v) is 5.02. The Kier molecular flexibility index (Phi) is 4.98. The van der Waals surface area contributed by atoms with Gasteiger partial charge in [0, 0.05) is 0 Å². The van der Waals surface area contributed by atoms with E-state index in [2.05, 4.69) is 20.3 Å². The zero-order chi connectivity index (χ0) is 17.8. The Bertz CT molecular complexity index is 981. The van der Waals surface area contributed by atoms with E-state index in [9.17, 15) is 0 Å². The fourth-order valence-corrected chi connectivity index (χ4v) is 3.49. The summed E-state index contributed by atoms with van der Waals surface area (Å²) in [5, 5.41) is 14.6. The van der Waals surface area contributed by atoms with Crippen LogP contribution in [0.2, 0.25) is 0 Å². The number of benzene rings is 1. The molecule has 0 bridgehead atoms. The van der Waals surface area contributed by atoms with Gasteiger partial charge < -0.3 is 13.7 Å². The number of nitrogens with zero attached hydrogens (tertiary/aromatic N) is 4. The fraction of sp³-hybridized carbons (Fsp3) is 0.176. The molecule has 26 heavy (non-hydrogen) atoms. The van der Waals surface area contributed by atoms with Gasteiger partial charge in [-0.1, -0.05) is 35.1 Å². The van der Waals surface area contributed by atoms with Crippen molar-refractivity contribution in [2.45, 2.75) is 17.9 Å². The monoisotopic (exact) mass is 386 g/mol. The molecule has 0 saturated carbocycles. The summed E-state index contributed by atoms with van der Waals surface area (Å²) in [6, 6.07) is 11.5. The largest absolute Gasteiger partial charge is 0.493 e. The van der Waals surface area contributed by atoms with E-state index in [0.717, 1.165) is 10.4 Å². The molecule has 4 rings (SSSR count). The molecule has 3 aromatic heterocycles. The van der Waals surface area contributed by atoms with Gasteiger partial charge in [0.25, 0.3) is 11.1 Å². The van der Waals surface area contributed by atoms with Gasteiger partial charge in [0.1, 0.15) is 5.75 Å².